The summed E-state index contributed by atoms with van der Waals surface area (Å²) in [6.07, 6.45) is 3.94. The molecule has 2 aliphatic rings. The summed E-state index contributed by atoms with van der Waals surface area (Å²) in [5.74, 6) is 0.0838. The average Bonchev–Trinajstić information content (AvgIpc) is 2.81. The Labute approximate surface area is 161 Å². The molecule has 0 radical (unpaired) electrons. The molecule has 27 heavy (non-hydrogen) atoms. The molecule has 148 valence electrons. The first-order chi connectivity index (χ1) is 13.0. The van der Waals surface area contributed by atoms with E-state index in [1.54, 1.807) is 12.4 Å². The number of hydrogen-bond acceptors (Lipinski definition) is 5. The van der Waals surface area contributed by atoms with Crippen molar-refractivity contribution in [3.8, 4) is 0 Å². The number of aromatic nitrogens is 1. The predicted molar refractivity (Wildman–Crippen MR) is 102 cm³/mol. The van der Waals surface area contributed by atoms with Gasteiger partial charge in [-0.3, -0.25) is 19.5 Å². The highest BCUT2D eigenvalue weighted by Gasteiger charge is 2.40. The number of likely N-dealkylation sites (N-methyl/N-ethyl adjacent to an activating group) is 1. The second kappa shape index (κ2) is 8.80. The Hall–Kier alpha value is -1.99. The van der Waals surface area contributed by atoms with Crippen molar-refractivity contribution in [2.24, 2.45) is 5.92 Å². The smallest absolute Gasteiger partial charge is 0.236 e. The SMILES string of the molecule is CC(C)N(C)CC(=O)N1CC[C@H]2C(=O)N(Cc3ccncc3)CCO[C@H]2C1. The van der Waals surface area contributed by atoms with Crippen LogP contribution in [-0.2, 0) is 20.9 Å². The van der Waals surface area contributed by atoms with Gasteiger partial charge < -0.3 is 14.5 Å². The quantitative estimate of drug-likeness (QED) is 0.769. The van der Waals surface area contributed by atoms with Crippen LogP contribution in [0.15, 0.2) is 24.5 Å². The van der Waals surface area contributed by atoms with Gasteiger partial charge in [-0.1, -0.05) is 0 Å². The molecule has 3 heterocycles. The van der Waals surface area contributed by atoms with Gasteiger partial charge in [0.2, 0.25) is 11.8 Å². The van der Waals surface area contributed by atoms with Crippen LogP contribution in [0.25, 0.3) is 0 Å². The highest BCUT2D eigenvalue weighted by Crippen LogP contribution is 2.26. The van der Waals surface area contributed by atoms with E-state index >= 15 is 0 Å². The summed E-state index contributed by atoms with van der Waals surface area (Å²) in [4.78, 5) is 35.4. The third-order valence-corrected chi connectivity index (χ3v) is 5.62. The fourth-order valence-corrected chi connectivity index (χ4v) is 3.61. The summed E-state index contributed by atoms with van der Waals surface area (Å²) in [6, 6.07) is 4.19. The lowest BCUT2D eigenvalue weighted by Gasteiger charge is -2.38. The summed E-state index contributed by atoms with van der Waals surface area (Å²) in [5.41, 5.74) is 1.07. The lowest BCUT2D eigenvalue weighted by atomic mass is 9.92. The highest BCUT2D eigenvalue weighted by molar-refractivity contribution is 5.81. The lowest BCUT2D eigenvalue weighted by Crippen LogP contribution is -2.52. The van der Waals surface area contributed by atoms with Gasteiger partial charge in [0.1, 0.15) is 0 Å². The molecule has 0 aliphatic carbocycles. The third-order valence-electron chi connectivity index (χ3n) is 5.62. The number of nitrogens with zero attached hydrogens (tertiary/aromatic N) is 4. The summed E-state index contributed by atoms with van der Waals surface area (Å²) in [6.45, 7) is 7.33. The van der Waals surface area contributed by atoms with Crippen molar-refractivity contribution in [1.29, 1.82) is 0 Å². The molecule has 0 unspecified atom stereocenters. The number of likely N-dealkylation sites (tertiary alicyclic amines) is 1. The van der Waals surface area contributed by atoms with Gasteiger partial charge in [-0.25, -0.2) is 0 Å². The van der Waals surface area contributed by atoms with Crippen molar-refractivity contribution in [1.82, 2.24) is 19.7 Å². The van der Waals surface area contributed by atoms with Crippen LogP contribution in [0.2, 0.25) is 0 Å². The number of rotatable bonds is 5. The molecule has 0 saturated carbocycles. The molecule has 7 nitrogen and oxygen atoms in total. The Morgan fingerprint density at radius 2 is 2.07 bits per heavy atom. The van der Waals surface area contributed by atoms with Gasteiger partial charge in [-0.05, 0) is 45.0 Å². The summed E-state index contributed by atoms with van der Waals surface area (Å²) < 4.78 is 6.00. The van der Waals surface area contributed by atoms with Crippen LogP contribution in [0.4, 0.5) is 0 Å². The molecule has 2 saturated heterocycles. The van der Waals surface area contributed by atoms with Crippen molar-refractivity contribution < 1.29 is 14.3 Å². The summed E-state index contributed by atoms with van der Waals surface area (Å²) in [7, 11) is 1.96. The zero-order valence-corrected chi connectivity index (χ0v) is 16.5. The number of amides is 2. The van der Waals surface area contributed by atoms with E-state index in [9.17, 15) is 9.59 Å². The maximum atomic E-state index is 13.0. The van der Waals surface area contributed by atoms with E-state index in [1.807, 2.05) is 33.9 Å². The standard InChI is InChI=1S/C20H30N4O3/c1-15(2)22(3)14-19(25)23-9-6-17-18(13-23)27-11-10-24(20(17)26)12-16-4-7-21-8-5-16/h4-5,7-8,15,17-18H,6,9-14H2,1-3H3/t17-,18+/m1/s1. The number of fused-ring (bicyclic) bond motifs is 1. The fraction of sp³-hybridized carbons (Fsp3) is 0.650. The zero-order valence-electron chi connectivity index (χ0n) is 16.5. The maximum absolute atomic E-state index is 13.0. The molecule has 0 N–H and O–H groups in total. The number of hydrogen-bond donors (Lipinski definition) is 0. The minimum atomic E-state index is -0.206. The van der Waals surface area contributed by atoms with Crippen molar-refractivity contribution in [3.05, 3.63) is 30.1 Å². The van der Waals surface area contributed by atoms with Gasteiger partial charge in [0.05, 0.1) is 25.2 Å². The number of carbonyl (C=O) groups is 2. The summed E-state index contributed by atoms with van der Waals surface area (Å²) in [5, 5.41) is 0. The van der Waals surface area contributed by atoms with E-state index in [0.717, 1.165) is 5.56 Å². The van der Waals surface area contributed by atoms with Crippen LogP contribution in [0.1, 0.15) is 25.8 Å². The second-order valence-corrected chi connectivity index (χ2v) is 7.77. The molecule has 2 fully saturated rings. The number of ether oxygens (including phenoxy) is 1. The Balaban J connectivity index is 1.61. The molecule has 1 aromatic heterocycles. The van der Waals surface area contributed by atoms with Gasteiger partial charge in [0, 0.05) is 44.6 Å². The monoisotopic (exact) mass is 374 g/mol. The molecule has 3 rings (SSSR count). The molecule has 7 heteroatoms. The van der Waals surface area contributed by atoms with Crippen LogP contribution in [0.3, 0.4) is 0 Å². The van der Waals surface area contributed by atoms with Crippen molar-refractivity contribution in [3.63, 3.8) is 0 Å². The Bertz CT molecular complexity index is 652. The number of carbonyl (C=O) groups excluding carboxylic acids is 2. The molecule has 0 aromatic carbocycles. The van der Waals surface area contributed by atoms with E-state index < -0.39 is 0 Å². The van der Waals surface area contributed by atoms with Crippen LogP contribution < -0.4 is 0 Å². The average molecular weight is 374 g/mol. The molecule has 1 aromatic rings. The topological polar surface area (TPSA) is 66.0 Å². The van der Waals surface area contributed by atoms with E-state index in [0.29, 0.717) is 51.8 Å². The molecular weight excluding hydrogens is 344 g/mol. The zero-order chi connectivity index (χ0) is 19.4. The Morgan fingerprint density at radius 1 is 1.33 bits per heavy atom. The molecule has 0 bridgehead atoms. The molecule has 2 amide bonds. The first kappa shape index (κ1) is 19.8. The lowest BCUT2D eigenvalue weighted by molar-refractivity contribution is -0.146. The van der Waals surface area contributed by atoms with Crippen molar-refractivity contribution in [2.75, 3.05) is 39.8 Å². The molecule has 2 atom stereocenters. The first-order valence-corrected chi connectivity index (χ1v) is 9.73. The van der Waals surface area contributed by atoms with E-state index in [2.05, 4.69) is 18.8 Å². The van der Waals surface area contributed by atoms with E-state index in [1.165, 1.54) is 0 Å². The largest absolute Gasteiger partial charge is 0.374 e. The normalized spacial score (nSPS) is 23.5. The Kier molecular flexibility index (Phi) is 6.44. The molecular formula is C20H30N4O3. The van der Waals surface area contributed by atoms with Gasteiger partial charge in [-0.2, -0.15) is 0 Å². The highest BCUT2D eigenvalue weighted by atomic mass is 16.5. The second-order valence-electron chi connectivity index (χ2n) is 7.77. The molecule has 0 spiro atoms. The Morgan fingerprint density at radius 3 is 2.78 bits per heavy atom. The summed E-state index contributed by atoms with van der Waals surface area (Å²) >= 11 is 0. The van der Waals surface area contributed by atoms with Gasteiger partial charge in [0.25, 0.3) is 0 Å². The predicted octanol–water partition coefficient (Wildman–Crippen LogP) is 0.998. The maximum Gasteiger partial charge on any atom is 0.236 e. The van der Waals surface area contributed by atoms with E-state index in [-0.39, 0.29) is 23.8 Å². The fourth-order valence-electron chi connectivity index (χ4n) is 3.61. The van der Waals surface area contributed by atoms with Crippen LogP contribution in [0.5, 0.6) is 0 Å². The number of pyridine rings is 1. The van der Waals surface area contributed by atoms with Crippen LogP contribution in [0, 0.1) is 5.92 Å². The molecule has 2 aliphatic heterocycles. The first-order valence-electron chi connectivity index (χ1n) is 9.73. The van der Waals surface area contributed by atoms with Crippen molar-refractivity contribution in [2.45, 2.75) is 39.0 Å². The van der Waals surface area contributed by atoms with E-state index in [4.69, 9.17) is 4.74 Å². The van der Waals surface area contributed by atoms with Crippen LogP contribution in [-0.4, -0.2) is 83.5 Å². The minimum Gasteiger partial charge on any atom is -0.374 e. The van der Waals surface area contributed by atoms with Crippen LogP contribution >= 0.6 is 0 Å². The minimum absolute atomic E-state index is 0.110. The van der Waals surface area contributed by atoms with Crippen molar-refractivity contribution >= 4 is 11.8 Å². The van der Waals surface area contributed by atoms with Gasteiger partial charge in [0.15, 0.2) is 0 Å². The number of piperidine rings is 1. The van der Waals surface area contributed by atoms with Gasteiger partial charge in [-0.15, -0.1) is 0 Å². The third kappa shape index (κ3) is 4.84. The van der Waals surface area contributed by atoms with Gasteiger partial charge >= 0.3 is 0 Å².